The van der Waals surface area contributed by atoms with Crippen LogP contribution in [0.4, 0.5) is 19.6 Å². The van der Waals surface area contributed by atoms with Crippen molar-refractivity contribution < 1.29 is 13.5 Å². The topological polar surface area (TPSA) is 65.0 Å². The van der Waals surface area contributed by atoms with E-state index in [1.165, 1.54) is 0 Å². The van der Waals surface area contributed by atoms with Gasteiger partial charge in [0.05, 0.1) is 17.9 Å². The Morgan fingerprint density at radius 3 is 2.90 bits per heavy atom. The molecule has 1 aromatic heterocycles. The van der Waals surface area contributed by atoms with Gasteiger partial charge < -0.3 is 25.2 Å². The molecule has 29 heavy (non-hydrogen) atoms. The van der Waals surface area contributed by atoms with Crippen molar-refractivity contribution in [1.29, 1.82) is 0 Å². The quantitative estimate of drug-likeness (QED) is 0.526. The van der Waals surface area contributed by atoms with Crippen LogP contribution in [0, 0.1) is 0 Å². The van der Waals surface area contributed by atoms with E-state index < -0.39 is 6.61 Å². The molecule has 0 radical (unpaired) electrons. The van der Waals surface area contributed by atoms with Gasteiger partial charge in [-0.05, 0) is 18.6 Å². The Kier molecular flexibility index (Phi) is 7.08. The van der Waals surface area contributed by atoms with Gasteiger partial charge >= 0.3 is 6.61 Å². The lowest BCUT2D eigenvalue weighted by Crippen LogP contribution is -2.44. The molecule has 0 bridgehead atoms. The van der Waals surface area contributed by atoms with Crippen molar-refractivity contribution in [2.24, 2.45) is 4.99 Å². The molecule has 1 saturated heterocycles. The molecule has 158 valence electrons. The van der Waals surface area contributed by atoms with Crippen LogP contribution >= 0.6 is 11.3 Å². The third-order valence-electron chi connectivity index (χ3n) is 4.53. The molecule has 0 saturated carbocycles. The Morgan fingerprint density at radius 1 is 1.41 bits per heavy atom. The van der Waals surface area contributed by atoms with Crippen molar-refractivity contribution in [3.63, 3.8) is 0 Å². The van der Waals surface area contributed by atoms with E-state index in [-0.39, 0.29) is 11.8 Å². The number of alkyl halides is 2. The molecule has 7 nitrogen and oxygen atoms in total. The van der Waals surface area contributed by atoms with Crippen LogP contribution in [-0.2, 0) is 6.54 Å². The van der Waals surface area contributed by atoms with Crippen LogP contribution < -0.4 is 25.2 Å². The first-order valence-corrected chi connectivity index (χ1v) is 10.2. The molecule has 1 aliphatic rings. The number of nitrogens with one attached hydrogen (secondary N) is 2. The largest absolute Gasteiger partial charge is 0.433 e. The lowest BCUT2D eigenvalue weighted by molar-refractivity contribution is -0.0495. The predicted octanol–water partition coefficient (Wildman–Crippen LogP) is 2.75. The van der Waals surface area contributed by atoms with E-state index in [0.717, 1.165) is 23.8 Å². The number of hydrogen-bond acceptors (Lipinski definition) is 6. The smallest absolute Gasteiger partial charge is 0.387 e. The fourth-order valence-corrected chi connectivity index (χ4v) is 3.91. The minimum Gasteiger partial charge on any atom is -0.433 e. The second kappa shape index (κ2) is 9.73. The van der Waals surface area contributed by atoms with Gasteiger partial charge in [0.2, 0.25) is 0 Å². The first kappa shape index (κ1) is 21.1. The van der Waals surface area contributed by atoms with Crippen LogP contribution in [0.1, 0.15) is 12.1 Å². The van der Waals surface area contributed by atoms with Crippen molar-refractivity contribution in [2.45, 2.75) is 25.6 Å². The summed E-state index contributed by atoms with van der Waals surface area (Å²) < 4.78 is 30.0. The van der Waals surface area contributed by atoms with E-state index in [2.05, 4.69) is 25.3 Å². The number of ether oxygens (including phenoxy) is 1. The molecule has 1 fully saturated rings. The molecule has 1 aromatic carbocycles. The lowest BCUT2D eigenvalue weighted by atomic mass is 10.2. The number of hydrogen-bond donors (Lipinski definition) is 2. The third-order valence-corrected chi connectivity index (χ3v) is 5.59. The maximum atomic E-state index is 12.7. The summed E-state index contributed by atoms with van der Waals surface area (Å²) in [6.07, 6.45) is 0.866. The van der Waals surface area contributed by atoms with Gasteiger partial charge in [-0.3, -0.25) is 4.99 Å². The highest BCUT2D eigenvalue weighted by molar-refractivity contribution is 7.13. The first-order valence-electron chi connectivity index (χ1n) is 9.34. The predicted molar refractivity (Wildman–Crippen MR) is 113 cm³/mol. The van der Waals surface area contributed by atoms with Gasteiger partial charge in [-0.2, -0.15) is 8.78 Å². The summed E-state index contributed by atoms with van der Waals surface area (Å²) in [5, 5.41) is 9.66. The highest BCUT2D eigenvalue weighted by Gasteiger charge is 2.26. The summed E-state index contributed by atoms with van der Waals surface area (Å²) in [7, 11) is 5.65. The average Bonchev–Trinajstić information content (AvgIpc) is 3.35. The standard InChI is InChI=1S/C19H26F2N6OS/c1-22-18(23-10-14-12-29-19(25-14)26(2)3)24-13-8-9-27(11-13)15-6-4-5-7-16(15)28-17(20)21/h4-7,12-13,17H,8-11H2,1-3H3,(H2,22,23,24). The van der Waals surface area contributed by atoms with Crippen molar-refractivity contribution in [3.05, 3.63) is 35.3 Å². The normalized spacial score (nSPS) is 17.0. The Labute approximate surface area is 173 Å². The SMILES string of the molecule is CN=C(NCc1csc(N(C)C)n1)NC1CCN(c2ccccc2OC(F)F)C1. The highest BCUT2D eigenvalue weighted by atomic mass is 32.1. The zero-order valence-electron chi connectivity index (χ0n) is 16.7. The Hall–Kier alpha value is -2.62. The van der Waals surface area contributed by atoms with E-state index in [1.54, 1.807) is 36.6 Å². The van der Waals surface area contributed by atoms with E-state index >= 15 is 0 Å². The molecule has 1 aliphatic heterocycles. The number of thiazole rings is 1. The second-order valence-corrected chi connectivity index (χ2v) is 7.70. The summed E-state index contributed by atoms with van der Waals surface area (Å²) in [4.78, 5) is 12.9. The van der Waals surface area contributed by atoms with Gasteiger partial charge in [0.15, 0.2) is 11.1 Å². The zero-order chi connectivity index (χ0) is 20.8. The van der Waals surface area contributed by atoms with Crippen molar-refractivity contribution in [1.82, 2.24) is 15.6 Å². The fourth-order valence-electron chi connectivity index (χ4n) is 3.16. The molecular formula is C19H26F2N6OS. The summed E-state index contributed by atoms with van der Waals surface area (Å²) in [6, 6.07) is 7.04. The molecule has 0 aliphatic carbocycles. The molecular weight excluding hydrogens is 398 g/mol. The second-order valence-electron chi connectivity index (χ2n) is 6.86. The zero-order valence-corrected chi connectivity index (χ0v) is 17.5. The average molecular weight is 425 g/mol. The number of aromatic nitrogens is 1. The molecule has 1 atom stereocenters. The maximum Gasteiger partial charge on any atom is 0.387 e. The van der Waals surface area contributed by atoms with Gasteiger partial charge in [-0.15, -0.1) is 11.3 Å². The summed E-state index contributed by atoms with van der Waals surface area (Å²) in [5.74, 6) is 0.888. The number of anilines is 2. The highest BCUT2D eigenvalue weighted by Crippen LogP contribution is 2.31. The van der Waals surface area contributed by atoms with Crippen LogP contribution in [0.3, 0.4) is 0 Å². The van der Waals surface area contributed by atoms with Gasteiger partial charge in [-0.25, -0.2) is 4.98 Å². The first-order chi connectivity index (χ1) is 14.0. The number of guanidine groups is 1. The van der Waals surface area contributed by atoms with E-state index in [4.69, 9.17) is 0 Å². The van der Waals surface area contributed by atoms with Crippen LogP contribution in [0.15, 0.2) is 34.6 Å². The molecule has 0 spiro atoms. The minimum atomic E-state index is -2.84. The minimum absolute atomic E-state index is 0.147. The van der Waals surface area contributed by atoms with Gasteiger partial charge in [-0.1, -0.05) is 12.1 Å². The molecule has 0 amide bonds. The van der Waals surface area contributed by atoms with Crippen LogP contribution in [-0.4, -0.2) is 57.8 Å². The van der Waals surface area contributed by atoms with E-state index in [9.17, 15) is 8.78 Å². The van der Waals surface area contributed by atoms with Gasteiger partial charge in [0, 0.05) is 45.7 Å². The molecule has 2 aromatic rings. The Balaban J connectivity index is 1.54. The van der Waals surface area contributed by atoms with Crippen molar-refractivity contribution in [2.75, 3.05) is 44.0 Å². The Bertz CT molecular complexity index is 829. The number of benzene rings is 1. The number of aliphatic imine (C=N–C) groups is 1. The third kappa shape index (κ3) is 5.69. The van der Waals surface area contributed by atoms with E-state index in [1.807, 2.05) is 35.3 Å². The molecule has 2 heterocycles. The molecule has 1 unspecified atom stereocenters. The molecule has 2 N–H and O–H groups in total. The van der Waals surface area contributed by atoms with Gasteiger partial charge in [0.1, 0.15) is 5.75 Å². The van der Waals surface area contributed by atoms with Crippen LogP contribution in [0.25, 0.3) is 0 Å². The maximum absolute atomic E-state index is 12.7. The number of halogens is 2. The summed E-state index contributed by atoms with van der Waals surface area (Å²) in [6.45, 7) is -0.845. The Morgan fingerprint density at radius 2 is 2.21 bits per heavy atom. The number of para-hydroxylation sites is 2. The fraction of sp³-hybridized carbons (Fsp3) is 0.474. The van der Waals surface area contributed by atoms with Crippen LogP contribution in [0.5, 0.6) is 5.75 Å². The van der Waals surface area contributed by atoms with Crippen molar-refractivity contribution in [3.8, 4) is 5.75 Å². The number of rotatable bonds is 7. The van der Waals surface area contributed by atoms with Gasteiger partial charge in [0.25, 0.3) is 0 Å². The van der Waals surface area contributed by atoms with Crippen LogP contribution in [0.2, 0.25) is 0 Å². The monoisotopic (exact) mass is 424 g/mol. The molecule has 10 heteroatoms. The lowest BCUT2D eigenvalue weighted by Gasteiger charge is -2.22. The van der Waals surface area contributed by atoms with E-state index in [0.29, 0.717) is 24.7 Å². The summed E-state index contributed by atoms with van der Waals surface area (Å²) >= 11 is 1.60. The number of nitrogens with zero attached hydrogens (tertiary/aromatic N) is 4. The summed E-state index contributed by atoms with van der Waals surface area (Å²) in [5.41, 5.74) is 1.63. The molecule has 3 rings (SSSR count). The van der Waals surface area contributed by atoms with Crippen molar-refractivity contribution >= 4 is 28.1 Å².